The molecular formula is C12H11BrFN3O. The van der Waals surface area contributed by atoms with Crippen LogP contribution in [0.3, 0.4) is 0 Å². The summed E-state index contributed by atoms with van der Waals surface area (Å²) in [7, 11) is 1.73. The number of nitriles is 1. The van der Waals surface area contributed by atoms with Crippen molar-refractivity contribution in [2.75, 3.05) is 31.6 Å². The van der Waals surface area contributed by atoms with Crippen LogP contribution in [0.15, 0.2) is 16.6 Å². The molecule has 0 unspecified atom stereocenters. The molecule has 94 valence electrons. The van der Waals surface area contributed by atoms with Gasteiger partial charge in [-0.3, -0.25) is 4.79 Å². The average molecular weight is 312 g/mol. The Morgan fingerprint density at radius 2 is 2.17 bits per heavy atom. The number of carbonyl (C=O) groups is 1. The third-order valence-electron chi connectivity index (χ3n) is 2.98. The first-order chi connectivity index (χ1) is 8.54. The van der Waals surface area contributed by atoms with Crippen LogP contribution in [0.25, 0.3) is 0 Å². The topological polar surface area (TPSA) is 47.3 Å². The van der Waals surface area contributed by atoms with Crippen LogP contribution in [0.4, 0.5) is 10.1 Å². The molecule has 0 bridgehead atoms. The van der Waals surface area contributed by atoms with Gasteiger partial charge in [0.05, 0.1) is 22.3 Å². The van der Waals surface area contributed by atoms with Gasteiger partial charge in [0.25, 0.3) is 0 Å². The van der Waals surface area contributed by atoms with Gasteiger partial charge in [0.2, 0.25) is 5.91 Å². The summed E-state index contributed by atoms with van der Waals surface area (Å²) < 4.78 is 14.2. The van der Waals surface area contributed by atoms with Crippen molar-refractivity contribution in [2.24, 2.45) is 0 Å². The molecule has 0 spiro atoms. The molecule has 4 nitrogen and oxygen atoms in total. The number of piperazine rings is 1. The van der Waals surface area contributed by atoms with Gasteiger partial charge in [-0.1, -0.05) is 0 Å². The first-order valence-corrected chi connectivity index (χ1v) is 6.21. The molecule has 1 heterocycles. The van der Waals surface area contributed by atoms with Crippen LogP contribution in [-0.4, -0.2) is 37.5 Å². The van der Waals surface area contributed by atoms with E-state index in [-0.39, 0.29) is 22.5 Å². The molecule has 1 aliphatic heterocycles. The lowest BCUT2D eigenvalue weighted by atomic mass is 10.2. The fraction of sp³-hybridized carbons (Fsp3) is 0.333. The minimum absolute atomic E-state index is 0.0406. The summed E-state index contributed by atoms with van der Waals surface area (Å²) in [4.78, 5) is 14.9. The van der Waals surface area contributed by atoms with Crippen molar-refractivity contribution in [3.8, 4) is 6.07 Å². The highest BCUT2D eigenvalue weighted by Gasteiger charge is 2.24. The number of hydrogen-bond acceptors (Lipinski definition) is 3. The van der Waals surface area contributed by atoms with Gasteiger partial charge in [0, 0.05) is 20.1 Å². The standard InChI is InChI=1S/C12H11BrFN3O/c1-16-4-5-17(7-10(16)18)9-3-2-8(6-15)11(13)12(9)14/h2-3H,4-5,7H2,1H3. The van der Waals surface area contributed by atoms with E-state index in [1.807, 2.05) is 6.07 Å². The summed E-state index contributed by atoms with van der Waals surface area (Å²) in [6.07, 6.45) is 0. The van der Waals surface area contributed by atoms with Crippen molar-refractivity contribution < 1.29 is 9.18 Å². The van der Waals surface area contributed by atoms with Crippen LogP contribution >= 0.6 is 15.9 Å². The molecule has 1 aromatic rings. The van der Waals surface area contributed by atoms with Crippen LogP contribution in [0.1, 0.15) is 5.56 Å². The zero-order chi connectivity index (χ0) is 13.3. The Balaban J connectivity index is 2.33. The zero-order valence-electron chi connectivity index (χ0n) is 9.78. The Labute approximate surface area is 113 Å². The van der Waals surface area contributed by atoms with E-state index in [4.69, 9.17) is 5.26 Å². The van der Waals surface area contributed by atoms with E-state index in [9.17, 15) is 9.18 Å². The molecule has 1 amide bonds. The highest BCUT2D eigenvalue weighted by molar-refractivity contribution is 9.10. The molecule has 0 N–H and O–H groups in total. The Bertz CT molecular complexity index is 541. The third-order valence-corrected chi connectivity index (χ3v) is 3.76. The van der Waals surface area contributed by atoms with Crippen molar-refractivity contribution in [2.45, 2.75) is 0 Å². The summed E-state index contributed by atoms with van der Waals surface area (Å²) in [5.74, 6) is -0.535. The number of hydrogen-bond donors (Lipinski definition) is 0. The number of nitrogens with zero attached hydrogens (tertiary/aromatic N) is 3. The van der Waals surface area contributed by atoms with Crippen LogP contribution < -0.4 is 4.90 Å². The number of rotatable bonds is 1. The molecule has 0 atom stereocenters. The molecule has 2 rings (SSSR count). The Morgan fingerprint density at radius 1 is 1.44 bits per heavy atom. The summed E-state index contributed by atoms with van der Waals surface area (Å²) in [5, 5.41) is 8.80. The molecule has 0 aromatic heterocycles. The van der Waals surface area contributed by atoms with Crippen LogP contribution in [0.2, 0.25) is 0 Å². The fourth-order valence-electron chi connectivity index (χ4n) is 1.83. The van der Waals surface area contributed by atoms with Crippen molar-refractivity contribution >= 4 is 27.5 Å². The quantitative estimate of drug-likeness (QED) is 0.793. The van der Waals surface area contributed by atoms with E-state index in [2.05, 4.69) is 15.9 Å². The van der Waals surface area contributed by atoms with Crippen LogP contribution in [0, 0.1) is 17.1 Å². The number of carbonyl (C=O) groups excluding carboxylic acids is 1. The fourth-order valence-corrected chi connectivity index (χ4v) is 2.26. The van der Waals surface area contributed by atoms with E-state index in [0.29, 0.717) is 18.8 Å². The lowest BCUT2D eigenvalue weighted by molar-refractivity contribution is -0.129. The summed E-state index contributed by atoms with van der Waals surface area (Å²) in [5.41, 5.74) is 0.596. The summed E-state index contributed by atoms with van der Waals surface area (Å²) in [6, 6.07) is 4.99. The molecule has 0 aliphatic carbocycles. The van der Waals surface area contributed by atoms with Gasteiger partial charge in [-0.05, 0) is 28.1 Å². The monoisotopic (exact) mass is 311 g/mol. The van der Waals surface area contributed by atoms with Gasteiger partial charge < -0.3 is 9.80 Å². The smallest absolute Gasteiger partial charge is 0.241 e. The van der Waals surface area contributed by atoms with E-state index in [0.717, 1.165) is 0 Å². The SMILES string of the molecule is CN1CCN(c2ccc(C#N)c(Br)c2F)CC1=O. The summed E-state index contributed by atoms with van der Waals surface area (Å²) in [6.45, 7) is 1.30. The molecule has 1 aromatic carbocycles. The van der Waals surface area contributed by atoms with E-state index >= 15 is 0 Å². The number of halogens is 2. The maximum Gasteiger partial charge on any atom is 0.241 e. The van der Waals surface area contributed by atoms with E-state index in [1.165, 1.54) is 6.07 Å². The van der Waals surface area contributed by atoms with Gasteiger partial charge in [-0.25, -0.2) is 4.39 Å². The average Bonchev–Trinajstić information content (AvgIpc) is 2.36. The van der Waals surface area contributed by atoms with Crippen LogP contribution in [0.5, 0.6) is 0 Å². The van der Waals surface area contributed by atoms with Gasteiger partial charge in [0.1, 0.15) is 6.07 Å². The molecular weight excluding hydrogens is 301 g/mol. The molecule has 1 fully saturated rings. The number of likely N-dealkylation sites (N-methyl/N-ethyl adjacent to an activating group) is 1. The predicted octanol–water partition coefficient (Wildman–Crippen LogP) is 1.74. The Morgan fingerprint density at radius 3 is 2.78 bits per heavy atom. The van der Waals surface area contributed by atoms with Crippen LogP contribution in [-0.2, 0) is 4.79 Å². The molecule has 6 heteroatoms. The largest absolute Gasteiger partial charge is 0.358 e. The molecule has 0 radical (unpaired) electrons. The molecule has 1 aliphatic rings. The maximum atomic E-state index is 14.1. The second-order valence-electron chi connectivity index (χ2n) is 4.11. The minimum Gasteiger partial charge on any atom is -0.358 e. The van der Waals surface area contributed by atoms with Crippen molar-refractivity contribution in [3.63, 3.8) is 0 Å². The van der Waals surface area contributed by atoms with E-state index in [1.54, 1.807) is 22.9 Å². The van der Waals surface area contributed by atoms with Gasteiger partial charge in [-0.2, -0.15) is 5.26 Å². The Hall–Kier alpha value is -1.61. The first kappa shape index (κ1) is 12.8. The number of benzene rings is 1. The minimum atomic E-state index is -0.494. The highest BCUT2D eigenvalue weighted by atomic mass is 79.9. The van der Waals surface area contributed by atoms with Crippen molar-refractivity contribution in [1.82, 2.24) is 4.90 Å². The normalized spacial score (nSPS) is 15.8. The van der Waals surface area contributed by atoms with Gasteiger partial charge in [-0.15, -0.1) is 0 Å². The highest BCUT2D eigenvalue weighted by Crippen LogP contribution is 2.29. The molecule has 1 saturated heterocycles. The number of anilines is 1. The first-order valence-electron chi connectivity index (χ1n) is 5.41. The van der Waals surface area contributed by atoms with Crippen molar-refractivity contribution in [3.05, 3.63) is 28.0 Å². The van der Waals surface area contributed by atoms with Gasteiger partial charge >= 0.3 is 0 Å². The zero-order valence-corrected chi connectivity index (χ0v) is 11.4. The lowest BCUT2D eigenvalue weighted by Gasteiger charge is -2.33. The Kier molecular flexibility index (Phi) is 3.53. The second kappa shape index (κ2) is 4.94. The van der Waals surface area contributed by atoms with E-state index < -0.39 is 5.82 Å². The lowest BCUT2D eigenvalue weighted by Crippen LogP contribution is -2.48. The van der Waals surface area contributed by atoms with Crippen molar-refractivity contribution in [1.29, 1.82) is 5.26 Å². The molecule has 0 saturated carbocycles. The molecule has 18 heavy (non-hydrogen) atoms. The second-order valence-corrected chi connectivity index (χ2v) is 4.90. The number of amides is 1. The van der Waals surface area contributed by atoms with Gasteiger partial charge in [0.15, 0.2) is 5.82 Å². The summed E-state index contributed by atoms with van der Waals surface area (Å²) >= 11 is 3.07. The predicted molar refractivity (Wildman–Crippen MR) is 68.7 cm³/mol. The maximum absolute atomic E-state index is 14.1. The third kappa shape index (κ3) is 2.18.